The second-order valence-corrected chi connectivity index (χ2v) is 10.8. The molecule has 35 heavy (non-hydrogen) atoms. The molecule has 0 saturated heterocycles. The van der Waals surface area contributed by atoms with Gasteiger partial charge in [-0.05, 0) is 79.3 Å². The number of carbonyl (C=O) groups excluding carboxylic acids is 1. The van der Waals surface area contributed by atoms with Crippen LogP contribution in [0.15, 0.2) is 116 Å². The fourth-order valence-electron chi connectivity index (χ4n) is 3.13. The molecule has 3 aromatic rings. The van der Waals surface area contributed by atoms with Crippen molar-refractivity contribution in [1.29, 1.82) is 0 Å². The van der Waals surface area contributed by atoms with Crippen molar-refractivity contribution in [2.75, 3.05) is 12.4 Å². The first-order chi connectivity index (χ1) is 17.0. The first kappa shape index (κ1) is 26.4. The van der Waals surface area contributed by atoms with Gasteiger partial charge in [-0.3, -0.25) is 0 Å². The maximum atomic E-state index is 12.7. The predicted octanol–water partition coefficient (Wildman–Crippen LogP) is 7.32. The number of ether oxygens (including phenoxy) is 1. The van der Waals surface area contributed by atoms with Gasteiger partial charge < -0.3 is 4.74 Å². The van der Waals surface area contributed by atoms with Crippen molar-refractivity contribution in [1.82, 2.24) is 0 Å². The number of benzene rings is 3. The lowest BCUT2D eigenvalue weighted by molar-refractivity contribution is -0.137. The highest BCUT2D eigenvalue weighted by atomic mass is 32.2. The summed E-state index contributed by atoms with van der Waals surface area (Å²) in [6.07, 6.45) is 5.27. The van der Waals surface area contributed by atoms with E-state index in [-0.39, 0.29) is 15.8 Å². The van der Waals surface area contributed by atoms with Gasteiger partial charge in [-0.2, -0.15) is 10.2 Å². The van der Waals surface area contributed by atoms with Gasteiger partial charge >= 0.3 is 5.97 Å². The smallest absolute Gasteiger partial charge is 0.330 e. The molecule has 0 aromatic heterocycles. The molecule has 0 heterocycles. The minimum atomic E-state index is -3.54. The van der Waals surface area contributed by atoms with Crippen molar-refractivity contribution in [3.05, 3.63) is 91.5 Å². The quantitative estimate of drug-likeness (QED) is 0.0794. The van der Waals surface area contributed by atoms with Gasteiger partial charge in [0.15, 0.2) is 0 Å². The highest BCUT2D eigenvalue weighted by Gasteiger charge is 2.16. The minimum absolute atomic E-state index is 0.222. The number of azo groups is 1. The van der Waals surface area contributed by atoms with Crippen molar-refractivity contribution in [3.8, 4) is 0 Å². The van der Waals surface area contributed by atoms with Gasteiger partial charge in [0.2, 0.25) is 9.84 Å². The molecule has 0 spiro atoms. The van der Waals surface area contributed by atoms with Crippen LogP contribution in [0.3, 0.4) is 0 Å². The SMILES string of the molecule is C=CC(=O)OCCCCCCSc1ccc(N=Nc2ccc(S(=O)(=O)c3ccccc3)cc2)cc1. The van der Waals surface area contributed by atoms with Crippen LogP contribution in [0.1, 0.15) is 25.7 Å². The molecule has 0 fully saturated rings. The Bertz CT molecular complexity index is 1220. The molecule has 0 aliphatic heterocycles. The Morgan fingerprint density at radius 2 is 1.37 bits per heavy atom. The summed E-state index contributed by atoms with van der Waals surface area (Å²) in [6.45, 7) is 3.82. The number of hydrogen-bond donors (Lipinski definition) is 0. The Labute approximate surface area is 211 Å². The third kappa shape index (κ3) is 8.49. The normalized spacial score (nSPS) is 11.4. The van der Waals surface area contributed by atoms with Gasteiger partial charge in [0.1, 0.15) is 0 Å². The molecule has 0 saturated carbocycles. The van der Waals surface area contributed by atoms with Gasteiger partial charge in [-0.1, -0.05) is 37.6 Å². The molecule has 8 heteroatoms. The molecule has 3 rings (SSSR count). The molecule has 0 aliphatic rings. The standard InChI is InChI=1S/C27H28N2O4S2/c1-2-27(30)33-20-8-3-4-9-21-34-24-16-12-22(13-17-24)28-29-23-14-18-26(19-15-23)35(31,32)25-10-6-5-7-11-25/h2,5-7,10-19H,1,3-4,8-9,20-21H2. The monoisotopic (exact) mass is 508 g/mol. The fourth-order valence-corrected chi connectivity index (χ4v) is 5.33. The Morgan fingerprint density at radius 1 is 0.800 bits per heavy atom. The lowest BCUT2D eigenvalue weighted by Crippen LogP contribution is -2.01. The number of sulfone groups is 1. The third-order valence-corrected chi connectivity index (χ3v) is 7.92. The third-order valence-electron chi connectivity index (χ3n) is 5.04. The fraction of sp³-hybridized carbons (Fsp3) is 0.222. The maximum Gasteiger partial charge on any atom is 0.330 e. The molecule has 3 aromatic carbocycles. The summed E-state index contributed by atoms with van der Waals surface area (Å²) in [7, 11) is -3.54. The van der Waals surface area contributed by atoms with E-state index in [2.05, 4.69) is 16.8 Å². The van der Waals surface area contributed by atoms with E-state index in [0.29, 0.717) is 12.3 Å². The Kier molecular flexibility index (Phi) is 10.3. The highest BCUT2D eigenvalue weighted by molar-refractivity contribution is 7.99. The number of esters is 1. The summed E-state index contributed by atoms with van der Waals surface area (Å²) < 4.78 is 30.3. The molecule has 0 unspecified atom stereocenters. The molecular weight excluding hydrogens is 480 g/mol. The summed E-state index contributed by atoms with van der Waals surface area (Å²) in [6, 6.07) is 22.6. The van der Waals surface area contributed by atoms with E-state index in [1.54, 1.807) is 66.4 Å². The van der Waals surface area contributed by atoms with Crippen molar-refractivity contribution in [3.63, 3.8) is 0 Å². The van der Waals surface area contributed by atoms with Crippen LogP contribution in [0.25, 0.3) is 0 Å². The second kappa shape index (κ2) is 13.6. The number of hydrogen-bond acceptors (Lipinski definition) is 7. The average molecular weight is 509 g/mol. The second-order valence-electron chi connectivity index (χ2n) is 7.64. The van der Waals surface area contributed by atoms with E-state index < -0.39 is 9.84 Å². The molecule has 6 nitrogen and oxygen atoms in total. The minimum Gasteiger partial charge on any atom is -0.463 e. The van der Waals surface area contributed by atoms with Crippen LogP contribution in [0.2, 0.25) is 0 Å². The summed E-state index contributed by atoms with van der Waals surface area (Å²) in [5, 5.41) is 8.46. The van der Waals surface area contributed by atoms with Crippen LogP contribution < -0.4 is 0 Å². The van der Waals surface area contributed by atoms with Crippen LogP contribution >= 0.6 is 11.8 Å². The van der Waals surface area contributed by atoms with E-state index in [1.807, 2.05) is 24.3 Å². The molecule has 0 bridgehead atoms. The summed E-state index contributed by atoms with van der Waals surface area (Å²) in [5.74, 6) is 0.654. The van der Waals surface area contributed by atoms with Gasteiger partial charge in [-0.15, -0.1) is 11.8 Å². The first-order valence-corrected chi connectivity index (χ1v) is 13.8. The molecule has 0 amide bonds. The predicted molar refractivity (Wildman–Crippen MR) is 139 cm³/mol. The average Bonchev–Trinajstić information content (AvgIpc) is 2.90. The molecular formula is C27H28N2O4S2. The molecule has 182 valence electrons. The summed E-state index contributed by atoms with van der Waals surface area (Å²) in [4.78, 5) is 12.6. The van der Waals surface area contributed by atoms with Gasteiger partial charge in [0.25, 0.3) is 0 Å². The van der Waals surface area contributed by atoms with Gasteiger partial charge in [0, 0.05) is 11.0 Å². The van der Waals surface area contributed by atoms with Gasteiger partial charge in [-0.25, -0.2) is 13.2 Å². The van der Waals surface area contributed by atoms with E-state index in [1.165, 1.54) is 11.0 Å². The van der Waals surface area contributed by atoms with Crippen molar-refractivity contribution < 1.29 is 17.9 Å². The maximum absolute atomic E-state index is 12.7. The highest BCUT2D eigenvalue weighted by Crippen LogP contribution is 2.26. The lowest BCUT2D eigenvalue weighted by atomic mass is 10.2. The zero-order valence-corrected chi connectivity index (χ0v) is 21.0. The molecule has 0 atom stereocenters. The van der Waals surface area contributed by atoms with Crippen molar-refractivity contribution >= 4 is 38.9 Å². The lowest BCUT2D eigenvalue weighted by Gasteiger charge is -2.04. The van der Waals surface area contributed by atoms with Crippen LogP contribution in [0.5, 0.6) is 0 Å². The number of rotatable bonds is 13. The Morgan fingerprint density at radius 3 is 2.00 bits per heavy atom. The van der Waals surface area contributed by atoms with E-state index >= 15 is 0 Å². The van der Waals surface area contributed by atoms with Crippen molar-refractivity contribution in [2.45, 2.75) is 40.4 Å². The number of unbranched alkanes of at least 4 members (excludes halogenated alkanes) is 3. The Balaban J connectivity index is 1.42. The molecule has 0 radical (unpaired) electrons. The van der Waals surface area contributed by atoms with Crippen molar-refractivity contribution in [2.24, 2.45) is 10.2 Å². The topological polar surface area (TPSA) is 85.2 Å². The summed E-state index contributed by atoms with van der Waals surface area (Å²) in [5.41, 5.74) is 1.30. The van der Waals surface area contributed by atoms with E-state index in [4.69, 9.17) is 4.74 Å². The van der Waals surface area contributed by atoms with Crippen LogP contribution in [-0.2, 0) is 19.4 Å². The molecule has 0 N–H and O–H groups in total. The van der Waals surface area contributed by atoms with E-state index in [9.17, 15) is 13.2 Å². The number of carbonyl (C=O) groups is 1. The van der Waals surface area contributed by atoms with Crippen LogP contribution in [-0.4, -0.2) is 26.7 Å². The van der Waals surface area contributed by atoms with Gasteiger partial charge in [0.05, 0.1) is 27.8 Å². The Hall–Kier alpha value is -3.23. The van der Waals surface area contributed by atoms with Crippen LogP contribution in [0.4, 0.5) is 11.4 Å². The largest absolute Gasteiger partial charge is 0.463 e. The van der Waals surface area contributed by atoms with Crippen LogP contribution in [0, 0.1) is 0 Å². The zero-order chi connectivity index (χ0) is 24.9. The van der Waals surface area contributed by atoms with E-state index in [0.717, 1.165) is 37.1 Å². The number of nitrogens with zero attached hydrogens (tertiary/aromatic N) is 2. The molecule has 0 aliphatic carbocycles. The number of thioether (sulfide) groups is 1. The summed E-state index contributed by atoms with van der Waals surface area (Å²) >= 11 is 1.79. The first-order valence-electron chi connectivity index (χ1n) is 11.3. The zero-order valence-electron chi connectivity index (χ0n) is 19.4.